The lowest BCUT2D eigenvalue weighted by Crippen LogP contribution is -2.60. The van der Waals surface area contributed by atoms with E-state index >= 15 is 0 Å². The minimum Gasteiger partial charge on any atom is -0.508 e. The number of rotatable bonds is 11. The number of benzene rings is 2. The van der Waals surface area contributed by atoms with E-state index in [-0.39, 0.29) is 18.3 Å². The molecule has 0 saturated carbocycles. The normalized spacial score (nSPS) is 25.1. The summed E-state index contributed by atoms with van der Waals surface area (Å²) < 4.78 is 10.8. The number of aliphatic hydroxyl groups is 3. The fourth-order valence-electron chi connectivity index (χ4n) is 4.92. The Bertz CT molecular complexity index is 1010. The Morgan fingerprint density at radius 1 is 0.973 bits per heavy atom. The van der Waals surface area contributed by atoms with E-state index in [2.05, 4.69) is 32.6 Å². The van der Waals surface area contributed by atoms with Gasteiger partial charge in [-0.3, -0.25) is 4.90 Å². The number of aromatic hydroxyl groups is 1. The maximum atomic E-state index is 11.4. The van der Waals surface area contributed by atoms with E-state index in [1.807, 2.05) is 36.4 Å². The molecule has 9 heteroatoms. The third-order valence-corrected chi connectivity index (χ3v) is 6.90. The molecule has 1 heterocycles. The van der Waals surface area contributed by atoms with E-state index in [1.54, 1.807) is 12.1 Å². The zero-order valence-corrected chi connectivity index (χ0v) is 21.8. The molecule has 0 aromatic heterocycles. The van der Waals surface area contributed by atoms with Crippen LogP contribution in [0.1, 0.15) is 56.7 Å². The van der Waals surface area contributed by atoms with Gasteiger partial charge in [-0.25, -0.2) is 4.79 Å². The van der Waals surface area contributed by atoms with Crippen molar-refractivity contribution in [3.63, 3.8) is 0 Å². The molecule has 5 N–H and O–H groups in total. The van der Waals surface area contributed by atoms with Crippen LogP contribution in [0.15, 0.2) is 48.5 Å². The number of aliphatic carboxylic acids is 1. The Balaban J connectivity index is 1.82. The monoisotopic (exact) mass is 517 g/mol. The van der Waals surface area contributed by atoms with E-state index in [4.69, 9.17) is 9.47 Å². The van der Waals surface area contributed by atoms with Gasteiger partial charge in [-0.2, -0.15) is 0 Å². The molecule has 1 aliphatic rings. The fraction of sp³-hybridized carbons (Fsp3) is 0.536. The van der Waals surface area contributed by atoms with Gasteiger partial charge in [-0.15, -0.1) is 0 Å². The SMILES string of the molecule is CC(C)N(CCC(c1ccccc1)c1cc(CO[C@@H]2O[C@H](C(=O)O)C(O)[C@H](O)C2O)ccc1O)C(C)C. The Kier molecular flexibility index (Phi) is 10.1. The van der Waals surface area contributed by atoms with Crippen LogP contribution in [0.2, 0.25) is 0 Å². The molecule has 1 saturated heterocycles. The highest BCUT2D eigenvalue weighted by Crippen LogP contribution is 2.35. The highest BCUT2D eigenvalue weighted by Gasteiger charge is 2.47. The molecule has 204 valence electrons. The summed E-state index contributed by atoms with van der Waals surface area (Å²) in [6.07, 6.45) is -7.55. The van der Waals surface area contributed by atoms with Crippen molar-refractivity contribution in [2.45, 2.75) is 89.4 Å². The minimum atomic E-state index is -1.78. The molecule has 0 amide bonds. The summed E-state index contributed by atoms with van der Waals surface area (Å²) in [7, 11) is 0. The average molecular weight is 518 g/mol. The van der Waals surface area contributed by atoms with E-state index < -0.39 is 36.7 Å². The molecular formula is C28H39NO8. The second-order valence-electron chi connectivity index (χ2n) is 10.1. The van der Waals surface area contributed by atoms with Crippen molar-refractivity contribution in [3.05, 3.63) is 65.2 Å². The van der Waals surface area contributed by atoms with Gasteiger partial charge in [0.15, 0.2) is 12.4 Å². The third-order valence-electron chi connectivity index (χ3n) is 6.90. The molecule has 0 bridgehead atoms. The highest BCUT2D eigenvalue weighted by atomic mass is 16.7. The van der Waals surface area contributed by atoms with Crippen molar-refractivity contribution in [3.8, 4) is 5.75 Å². The topological polar surface area (TPSA) is 140 Å². The zero-order chi connectivity index (χ0) is 27.3. The first-order valence-electron chi connectivity index (χ1n) is 12.7. The lowest BCUT2D eigenvalue weighted by molar-refractivity contribution is -0.297. The molecule has 2 aromatic carbocycles. The van der Waals surface area contributed by atoms with Crippen LogP contribution in [0, 0.1) is 0 Å². The van der Waals surface area contributed by atoms with E-state index in [1.165, 1.54) is 0 Å². The summed E-state index contributed by atoms with van der Waals surface area (Å²) in [6.45, 7) is 9.42. The van der Waals surface area contributed by atoms with Crippen molar-refractivity contribution < 1.29 is 39.8 Å². The molecule has 3 unspecified atom stereocenters. The van der Waals surface area contributed by atoms with E-state index in [9.17, 15) is 30.3 Å². The smallest absolute Gasteiger partial charge is 0.335 e. The summed E-state index contributed by atoms with van der Waals surface area (Å²) in [5, 5.41) is 50.2. The number of ether oxygens (including phenoxy) is 2. The molecule has 6 atom stereocenters. The van der Waals surface area contributed by atoms with Crippen molar-refractivity contribution in [2.24, 2.45) is 0 Å². The summed E-state index contributed by atoms with van der Waals surface area (Å²) in [5.41, 5.74) is 2.46. The predicted molar refractivity (Wildman–Crippen MR) is 137 cm³/mol. The van der Waals surface area contributed by atoms with Gasteiger partial charge in [0.25, 0.3) is 0 Å². The lowest BCUT2D eigenvalue weighted by atomic mass is 9.86. The molecule has 1 fully saturated rings. The molecule has 0 radical (unpaired) electrons. The Morgan fingerprint density at radius 2 is 1.62 bits per heavy atom. The number of carbonyl (C=O) groups is 1. The van der Waals surface area contributed by atoms with Gasteiger partial charge in [-0.1, -0.05) is 36.4 Å². The van der Waals surface area contributed by atoms with Gasteiger partial charge >= 0.3 is 5.97 Å². The van der Waals surface area contributed by atoms with Crippen molar-refractivity contribution >= 4 is 5.97 Å². The molecule has 37 heavy (non-hydrogen) atoms. The second-order valence-corrected chi connectivity index (χ2v) is 10.1. The van der Waals surface area contributed by atoms with Gasteiger partial charge in [-0.05, 0) is 63.9 Å². The van der Waals surface area contributed by atoms with Crippen molar-refractivity contribution in [1.29, 1.82) is 0 Å². The van der Waals surface area contributed by atoms with Crippen LogP contribution < -0.4 is 0 Å². The summed E-state index contributed by atoms with van der Waals surface area (Å²) in [5.74, 6) is -1.41. The molecule has 3 rings (SSSR count). The number of phenolic OH excluding ortho intramolecular Hbond substituents is 1. The number of hydrogen-bond donors (Lipinski definition) is 5. The number of carboxylic acid groups (broad SMARTS) is 1. The fourth-order valence-corrected chi connectivity index (χ4v) is 4.92. The summed E-state index contributed by atoms with van der Waals surface area (Å²) >= 11 is 0. The largest absolute Gasteiger partial charge is 0.508 e. The first-order chi connectivity index (χ1) is 17.5. The van der Waals surface area contributed by atoms with E-state index in [0.717, 1.165) is 24.1 Å². The van der Waals surface area contributed by atoms with Gasteiger partial charge < -0.3 is 35.0 Å². The average Bonchev–Trinajstić information content (AvgIpc) is 2.85. The van der Waals surface area contributed by atoms with Crippen LogP contribution in [0.25, 0.3) is 0 Å². The summed E-state index contributed by atoms with van der Waals surface area (Å²) in [4.78, 5) is 13.8. The first kappa shape index (κ1) is 29.0. The van der Waals surface area contributed by atoms with Crippen molar-refractivity contribution in [2.75, 3.05) is 6.54 Å². The number of aliphatic hydroxyl groups excluding tert-OH is 3. The Morgan fingerprint density at radius 3 is 2.22 bits per heavy atom. The maximum absolute atomic E-state index is 11.4. The third kappa shape index (κ3) is 7.07. The number of phenols is 1. The highest BCUT2D eigenvalue weighted by molar-refractivity contribution is 5.73. The molecule has 1 aliphatic heterocycles. The molecular weight excluding hydrogens is 478 g/mol. The Hall–Kier alpha value is -2.53. The number of nitrogens with zero attached hydrogens (tertiary/aromatic N) is 1. The van der Waals surface area contributed by atoms with Crippen LogP contribution in [-0.2, 0) is 20.9 Å². The van der Waals surface area contributed by atoms with Crippen LogP contribution in [-0.4, -0.2) is 85.7 Å². The summed E-state index contributed by atoms with van der Waals surface area (Å²) in [6, 6.07) is 15.8. The standard InChI is InChI=1S/C28H39NO8/c1-16(2)29(17(3)4)13-12-20(19-8-6-5-7-9-19)21-14-18(10-11-22(21)30)15-36-28-25(33)23(31)24(32)26(37-28)27(34)35/h5-11,14,16-17,20,23-26,28,30-33H,12-13,15H2,1-4H3,(H,34,35)/t20?,23-,24?,25?,26-,28+/m0/s1. The van der Waals surface area contributed by atoms with Crippen LogP contribution in [0.5, 0.6) is 5.75 Å². The van der Waals surface area contributed by atoms with Gasteiger partial charge in [0.2, 0.25) is 0 Å². The Labute approximate surface area is 217 Å². The van der Waals surface area contributed by atoms with Crippen LogP contribution in [0.3, 0.4) is 0 Å². The number of hydrogen-bond acceptors (Lipinski definition) is 8. The zero-order valence-electron chi connectivity index (χ0n) is 21.8. The molecule has 0 spiro atoms. The van der Waals surface area contributed by atoms with E-state index in [0.29, 0.717) is 17.6 Å². The lowest BCUT2D eigenvalue weighted by Gasteiger charge is -2.38. The predicted octanol–water partition coefficient (Wildman–Crippen LogP) is 2.44. The number of carboxylic acids is 1. The minimum absolute atomic E-state index is 0.0736. The van der Waals surface area contributed by atoms with Gasteiger partial charge in [0.1, 0.15) is 24.1 Å². The first-order valence-corrected chi connectivity index (χ1v) is 12.7. The van der Waals surface area contributed by atoms with Crippen LogP contribution >= 0.6 is 0 Å². The van der Waals surface area contributed by atoms with Gasteiger partial charge in [0.05, 0.1) is 6.61 Å². The maximum Gasteiger partial charge on any atom is 0.335 e. The van der Waals surface area contributed by atoms with Gasteiger partial charge in [0, 0.05) is 23.6 Å². The molecule has 2 aromatic rings. The quantitative estimate of drug-likeness (QED) is 0.304. The second kappa shape index (κ2) is 12.8. The molecule has 9 nitrogen and oxygen atoms in total. The van der Waals surface area contributed by atoms with Crippen molar-refractivity contribution in [1.82, 2.24) is 4.90 Å². The molecule has 0 aliphatic carbocycles. The van der Waals surface area contributed by atoms with Crippen LogP contribution in [0.4, 0.5) is 0 Å².